The highest BCUT2D eigenvalue weighted by molar-refractivity contribution is 6.16. The van der Waals surface area contributed by atoms with Gasteiger partial charge in [0.1, 0.15) is 23.6 Å². The molecule has 12 nitrogen and oxygen atoms in total. The minimum atomic E-state index is -0.977. The summed E-state index contributed by atoms with van der Waals surface area (Å²) in [6.07, 6.45) is 4.70. The SMILES string of the molecule is CC(C)(C)OC(=O)N1CCN(C2CCC(Nc3ncnc(N)c3C(=N)c3ccc(F)c([N+](=O)[O-])c3)CC2)CC1. The molecule has 1 aromatic heterocycles. The molecule has 2 heterocycles. The normalized spacial score (nSPS) is 20.4. The molecular weight excluding hydrogens is 507 g/mol. The molecule has 1 aromatic carbocycles. The second kappa shape index (κ2) is 11.5. The van der Waals surface area contributed by atoms with Gasteiger partial charge in [-0.2, -0.15) is 4.39 Å². The van der Waals surface area contributed by atoms with Gasteiger partial charge in [-0.05, 0) is 58.6 Å². The molecule has 39 heavy (non-hydrogen) atoms. The molecule has 2 aliphatic rings. The summed E-state index contributed by atoms with van der Waals surface area (Å²) >= 11 is 0. The third kappa shape index (κ3) is 6.77. The van der Waals surface area contributed by atoms with E-state index in [0.29, 0.717) is 24.9 Å². The van der Waals surface area contributed by atoms with E-state index in [0.717, 1.165) is 50.9 Å². The Morgan fingerprint density at radius 3 is 2.46 bits per heavy atom. The summed E-state index contributed by atoms with van der Waals surface area (Å²) in [5, 5.41) is 23.2. The van der Waals surface area contributed by atoms with Crippen molar-refractivity contribution in [2.24, 2.45) is 0 Å². The largest absolute Gasteiger partial charge is 0.444 e. The van der Waals surface area contributed by atoms with Crippen LogP contribution in [0.3, 0.4) is 0 Å². The molecule has 4 N–H and O–H groups in total. The van der Waals surface area contributed by atoms with Crippen molar-refractivity contribution in [2.45, 2.75) is 64.1 Å². The second-order valence-electron chi connectivity index (χ2n) is 10.9. The van der Waals surface area contributed by atoms with Crippen LogP contribution in [0.5, 0.6) is 0 Å². The van der Waals surface area contributed by atoms with E-state index in [2.05, 4.69) is 20.2 Å². The van der Waals surface area contributed by atoms with Crippen molar-refractivity contribution < 1.29 is 18.8 Å². The number of carbonyl (C=O) groups excluding carboxylic acids is 1. The van der Waals surface area contributed by atoms with E-state index >= 15 is 0 Å². The summed E-state index contributed by atoms with van der Waals surface area (Å²) in [4.78, 5) is 35.2. The smallest absolute Gasteiger partial charge is 0.410 e. The lowest BCUT2D eigenvalue weighted by Gasteiger charge is -2.42. The lowest BCUT2D eigenvalue weighted by molar-refractivity contribution is -0.387. The molecule has 2 fully saturated rings. The van der Waals surface area contributed by atoms with Gasteiger partial charge in [0, 0.05) is 49.9 Å². The first-order valence-electron chi connectivity index (χ1n) is 13.0. The zero-order valence-electron chi connectivity index (χ0n) is 22.4. The monoisotopic (exact) mass is 542 g/mol. The van der Waals surface area contributed by atoms with Gasteiger partial charge < -0.3 is 20.7 Å². The highest BCUT2D eigenvalue weighted by atomic mass is 19.1. The average molecular weight is 543 g/mol. The number of nitrogen functional groups attached to an aromatic ring is 1. The molecule has 0 atom stereocenters. The molecule has 1 amide bonds. The van der Waals surface area contributed by atoms with Gasteiger partial charge in [0.05, 0.1) is 16.2 Å². The van der Waals surface area contributed by atoms with Crippen LogP contribution in [0, 0.1) is 21.3 Å². The molecule has 1 aliphatic carbocycles. The Labute approximate surface area is 226 Å². The molecule has 0 radical (unpaired) electrons. The number of hydrogen-bond acceptors (Lipinski definition) is 10. The van der Waals surface area contributed by atoms with E-state index in [-0.39, 0.29) is 34.8 Å². The van der Waals surface area contributed by atoms with Crippen LogP contribution in [0.4, 0.5) is 26.5 Å². The molecule has 1 saturated heterocycles. The van der Waals surface area contributed by atoms with Gasteiger partial charge in [-0.1, -0.05) is 0 Å². The third-order valence-electron chi connectivity index (χ3n) is 7.08. The minimum Gasteiger partial charge on any atom is -0.444 e. The molecule has 1 saturated carbocycles. The Morgan fingerprint density at radius 2 is 1.85 bits per heavy atom. The first-order valence-corrected chi connectivity index (χ1v) is 13.0. The number of rotatable bonds is 6. The van der Waals surface area contributed by atoms with E-state index < -0.39 is 22.0 Å². The van der Waals surface area contributed by atoms with E-state index in [1.165, 1.54) is 12.4 Å². The van der Waals surface area contributed by atoms with E-state index in [1.807, 2.05) is 20.8 Å². The number of nitrogens with one attached hydrogen (secondary N) is 2. The molecule has 2 aromatic rings. The van der Waals surface area contributed by atoms with Gasteiger partial charge in [0.15, 0.2) is 0 Å². The van der Waals surface area contributed by atoms with Crippen LogP contribution in [-0.2, 0) is 4.74 Å². The van der Waals surface area contributed by atoms with Crippen molar-refractivity contribution in [3.63, 3.8) is 0 Å². The predicted octanol–water partition coefficient (Wildman–Crippen LogP) is 3.80. The topological polar surface area (TPSA) is 164 Å². The molecule has 210 valence electrons. The predicted molar refractivity (Wildman–Crippen MR) is 144 cm³/mol. The van der Waals surface area contributed by atoms with Gasteiger partial charge in [-0.15, -0.1) is 0 Å². The number of amides is 1. The fourth-order valence-corrected chi connectivity index (χ4v) is 5.08. The van der Waals surface area contributed by atoms with Crippen LogP contribution in [0.2, 0.25) is 0 Å². The second-order valence-corrected chi connectivity index (χ2v) is 10.9. The standard InChI is InChI=1S/C26H35FN8O4/c1-26(2,3)39-25(36)34-12-10-33(11-13-34)18-7-5-17(6-8-18)32-24-21(23(29)30-15-31-24)22(28)16-4-9-19(27)20(14-16)35(37)38/h4,9,14-15,17-18,28H,5-8,10-13H2,1-3H3,(H3,29,30,31,32). The van der Waals surface area contributed by atoms with E-state index in [1.54, 1.807) is 4.90 Å². The maximum Gasteiger partial charge on any atom is 0.410 e. The zero-order chi connectivity index (χ0) is 28.3. The van der Waals surface area contributed by atoms with Crippen LogP contribution in [0.1, 0.15) is 57.6 Å². The summed E-state index contributed by atoms with van der Waals surface area (Å²) in [6.45, 7) is 8.48. The molecule has 0 spiro atoms. The Hall–Kier alpha value is -3.87. The number of anilines is 2. The van der Waals surface area contributed by atoms with Crippen LogP contribution in [-0.4, -0.2) is 80.4 Å². The first kappa shape index (κ1) is 28.1. The summed E-state index contributed by atoms with van der Waals surface area (Å²) in [6, 6.07) is 3.78. The lowest BCUT2D eigenvalue weighted by Crippen LogP contribution is -2.53. The third-order valence-corrected chi connectivity index (χ3v) is 7.08. The Morgan fingerprint density at radius 1 is 1.18 bits per heavy atom. The van der Waals surface area contributed by atoms with Gasteiger partial charge >= 0.3 is 11.8 Å². The van der Waals surface area contributed by atoms with Crippen molar-refractivity contribution in [3.8, 4) is 0 Å². The number of carbonyl (C=O) groups is 1. The number of halogens is 1. The average Bonchev–Trinajstić information content (AvgIpc) is 2.88. The van der Waals surface area contributed by atoms with Crippen molar-refractivity contribution in [3.05, 3.63) is 51.6 Å². The van der Waals surface area contributed by atoms with Crippen molar-refractivity contribution in [2.75, 3.05) is 37.2 Å². The summed E-state index contributed by atoms with van der Waals surface area (Å²) in [7, 11) is 0. The Bertz CT molecular complexity index is 1230. The summed E-state index contributed by atoms with van der Waals surface area (Å²) < 4.78 is 19.3. The number of hydrogen-bond donors (Lipinski definition) is 3. The highest BCUT2D eigenvalue weighted by Gasteiger charge is 2.32. The molecule has 0 unspecified atom stereocenters. The number of nitrogens with zero attached hydrogens (tertiary/aromatic N) is 5. The van der Waals surface area contributed by atoms with Crippen LogP contribution < -0.4 is 11.1 Å². The van der Waals surface area contributed by atoms with Gasteiger partial charge in [-0.3, -0.25) is 20.4 Å². The van der Waals surface area contributed by atoms with Crippen LogP contribution >= 0.6 is 0 Å². The Kier molecular flexibility index (Phi) is 8.28. The zero-order valence-corrected chi connectivity index (χ0v) is 22.4. The summed E-state index contributed by atoms with van der Waals surface area (Å²) in [5.74, 6) is -0.551. The Balaban J connectivity index is 1.36. The maximum absolute atomic E-state index is 13.8. The number of nitro benzene ring substituents is 1. The molecular formula is C26H35FN8O4. The molecule has 4 rings (SSSR count). The van der Waals surface area contributed by atoms with Crippen molar-refractivity contribution >= 4 is 29.1 Å². The van der Waals surface area contributed by atoms with E-state index in [4.69, 9.17) is 15.9 Å². The van der Waals surface area contributed by atoms with Crippen LogP contribution in [0.25, 0.3) is 0 Å². The van der Waals surface area contributed by atoms with Crippen molar-refractivity contribution in [1.82, 2.24) is 19.8 Å². The molecule has 1 aliphatic heterocycles. The number of nitro groups is 1. The fourth-order valence-electron chi connectivity index (χ4n) is 5.08. The highest BCUT2D eigenvalue weighted by Crippen LogP contribution is 2.30. The molecule has 0 bridgehead atoms. The summed E-state index contributed by atoms with van der Waals surface area (Å²) in [5.41, 5.74) is 5.10. The fraction of sp³-hybridized carbons (Fsp3) is 0.538. The lowest BCUT2D eigenvalue weighted by atomic mass is 9.89. The number of ether oxygens (including phenoxy) is 1. The number of aromatic nitrogens is 2. The number of benzene rings is 1. The maximum atomic E-state index is 13.8. The number of nitrogens with two attached hydrogens (primary N) is 1. The van der Waals surface area contributed by atoms with Gasteiger partial charge in [0.2, 0.25) is 5.82 Å². The van der Waals surface area contributed by atoms with Crippen molar-refractivity contribution in [1.29, 1.82) is 5.41 Å². The number of piperazine rings is 1. The van der Waals surface area contributed by atoms with E-state index in [9.17, 15) is 19.3 Å². The molecule has 13 heteroatoms. The van der Waals surface area contributed by atoms with Gasteiger partial charge in [-0.25, -0.2) is 14.8 Å². The van der Waals surface area contributed by atoms with Gasteiger partial charge in [0.25, 0.3) is 0 Å². The quantitative estimate of drug-likeness (QED) is 0.280. The van der Waals surface area contributed by atoms with Crippen LogP contribution in [0.15, 0.2) is 24.5 Å². The minimum absolute atomic E-state index is 0.0565. The first-order chi connectivity index (χ1) is 18.4.